The van der Waals surface area contributed by atoms with Crippen LogP contribution in [0.1, 0.15) is 56.3 Å². The molecule has 2 fully saturated rings. The van der Waals surface area contributed by atoms with Gasteiger partial charge in [0.1, 0.15) is 17.5 Å². The summed E-state index contributed by atoms with van der Waals surface area (Å²) in [6.45, 7) is 7.69. The van der Waals surface area contributed by atoms with Crippen molar-refractivity contribution in [3.63, 3.8) is 0 Å². The second kappa shape index (κ2) is 12.2. The topological polar surface area (TPSA) is 66.4 Å². The van der Waals surface area contributed by atoms with Gasteiger partial charge in [-0.1, -0.05) is 25.1 Å². The number of pyridine rings is 1. The van der Waals surface area contributed by atoms with Gasteiger partial charge in [-0.2, -0.15) is 0 Å². The van der Waals surface area contributed by atoms with Gasteiger partial charge in [0.25, 0.3) is 0 Å². The second-order valence-electron chi connectivity index (χ2n) is 10.9. The fourth-order valence-electron chi connectivity index (χ4n) is 6.03. The van der Waals surface area contributed by atoms with Crippen LogP contribution in [0.25, 0.3) is 10.9 Å². The van der Waals surface area contributed by atoms with Crippen LogP contribution >= 0.6 is 0 Å². The molecule has 0 amide bonds. The smallest absolute Gasteiger partial charge is 0.139 e. The maximum atomic E-state index is 5.45. The van der Waals surface area contributed by atoms with Gasteiger partial charge in [0.05, 0.1) is 18.7 Å². The highest BCUT2D eigenvalue weighted by Gasteiger charge is 2.30. The highest BCUT2D eigenvalue weighted by atomic mass is 16.5. The monoisotopic (exact) mass is 502 g/mol. The van der Waals surface area contributed by atoms with E-state index in [0.29, 0.717) is 11.8 Å². The van der Waals surface area contributed by atoms with Crippen LogP contribution in [0, 0.1) is 11.8 Å². The lowest BCUT2D eigenvalue weighted by Gasteiger charge is -2.33. The lowest BCUT2D eigenvalue weighted by atomic mass is 9.74. The molecule has 1 atom stereocenters. The van der Waals surface area contributed by atoms with E-state index in [1.54, 1.807) is 0 Å². The molecule has 1 saturated heterocycles. The number of nitrogens with zero attached hydrogens (tertiary/aromatic N) is 5. The maximum absolute atomic E-state index is 5.45. The number of nitrogens with one attached hydrogen (secondary N) is 1. The molecular formula is C30H42N6O. The summed E-state index contributed by atoms with van der Waals surface area (Å²) in [4.78, 5) is 19.2. The van der Waals surface area contributed by atoms with Crippen LogP contribution in [0.3, 0.4) is 0 Å². The molecule has 1 unspecified atom stereocenters. The molecule has 0 radical (unpaired) electrons. The molecule has 3 aromatic rings. The first kappa shape index (κ1) is 25.9. The summed E-state index contributed by atoms with van der Waals surface area (Å²) in [7, 11) is 4.15. The Hall–Kier alpha value is -2.77. The lowest BCUT2D eigenvalue weighted by molar-refractivity contribution is 0.122. The average Bonchev–Trinajstić information content (AvgIpc) is 2.94. The first-order chi connectivity index (χ1) is 18.1. The summed E-state index contributed by atoms with van der Waals surface area (Å²) < 4.78 is 5.45. The summed E-state index contributed by atoms with van der Waals surface area (Å²) in [6, 6.07) is 12.7. The van der Waals surface area contributed by atoms with E-state index in [1.165, 1.54) is 31.2 Å². The molecule has 7 nitrogen and oxygen atoms in total. The number of morpholine rings is 1. The van der Waals surface area contributed by atoms with Crippen LogP contribution in [0.4, 0.5) is 11.6 Å². The van der Waals surface area contributed by atoms with Crippen LogP contribution in [0.2, 0.25) is 0 Å². The average molecular weight is 503 g/mol. The normalized spacial score (nSPS) is 21.2. The second-order valence-corrected chi connectivity index (χ2v) is 10.9. The fourth-order valence-corrected chi connectivity index (χ4v) is 6.03. The Kier molecular flexibility index (Phi) is 8.52. The van der Waals surface area contributed by atoms with E-state index < -0.39 is 0 Å². The first-order valence-electron chi connectivity index (χ1n) is 14.0. The largest absolute Gasteiger partial charge is 0.378 e. The minimum absolute atomic E-state index is 0.424. The minimum Gasteiger partial charge on any atom is -0.378 e. The molecule has 2 aliphatic rings. The van der Waals surface area contributed by atoms with E-state index in [-0.39, 0.29) is 0 Å². The van der Waals surface area contributed by atoms with E-state index in [9.17, 15) is 0 Å². The van der Waals surface area contributed by atoms with Gasteiger partial charge in [-0.3, -0.25) is 0 Å². The van der Waals surface area contributed by atoms with E-state index in [0.717, 1.165) is 80.1 Å². The quantitative estimate of drug-likeness (QED) is 0.441. The molecule has 2 aromatic heterocycles. The minimum atomic E-state index is 0.424. The summed E-state index contributed by atoms with van der Waals surface area (Å²) in [5, 5.41) is 4.83. The Labute approximate surface area is 221 Å². The standard InChI is InChI=1S/C30H42N6O/c1-4-25(29-33-27-8-6-5-7-26(27)30(34-29)35(2)3)24-12-9-22(10-13-24)19-31-20-23-11-14-28(32-21-23)36-15-17-37-18-16-36/h5-8,11,14,21-22,24-25,31H,4,9-10,12-13,15-20H2,1-3H3. The van der Waals surface area contributed by atoms with E-state index in [1.807, 2.05) is 6.20 Å². The van der Waals surface area contributed by atoms with Crippen molar-refractivity contribution in [2.45, 2.75) is 51.5 Å². The summed E-state index contributed by atoms with van der Waals surface area (Å²) in [6.07, 6.45) is 8.17. The van der Waals surface area contributed by atoms with Crippen molar-refractivity contribution < 1.29 is 4.74 Å². The highest BCUT2D eigenvalue weighted by Crippen LogP contribution is 2.40. The molecule has 37 heavy (non-hydrogen) atoms. The van der Waals surface area contributed by atoms with Gasteiger partial charge in [0.2, 0.25) is 0 Å². The third kappa shape index (κ3) is 6.21. The first-order valence-corrected chi connectivity index (χ1v) is 14.0. The molecule has 1 aliphatic carbocycles. The molecule has 1 N–H and O–H groups in total. The van der Waals surface area contributed by atoms with Crippen LogP contribution in [0.5, 0.6) is 0 Å². The maximum Gasteiger partial charge on any atom is 0.139 e. The molecule has 1 aliphatic heterocycles. The highest BCUT2D eigenvalue weighted by molar-refractivity contribution is 5.89. The van der Waals surface area contributed by atoms with E-state index in [4.69, 9.17) is 14.7 Å². The Bertz CT molecular complexity index is 1140. The van der Waals surface area contributed by atoms with E-state index >= 15 is 0 Å². The van der Waals surface area contributed by atoms with Crippen molar-refractivity contribution in [2.24, 2.45) is 11.8 Å². The number of benzene rings is 1. The van der Waals surface area contributed by atoms with Crippen LogP contribution in [-0.4, -0.2) is 61.9 Å². The number of hydrogen-bond donors (Lipinski definition) is 1. The number of rotatable bonds is 9. The zero-order valence-electron chi connectivity index (χ0n) is 22.7. The van der Waals surface area contributed by atoms with Crippen molar-refractivity contribution in [3.05, 3.63) is 54.0 Å². The Balaban J connectivity index is 1.13. The molecule has 0 bridgehead atoms. The Morgan fingerprint density at radius 2 is 1.81 bits per heavy atom. The molecule has 1 aromatic carbocycles. The Morgan fingerprint density at radius 1 is 1.03 bits per heavy atom. The summed E-state index contributed by atoms with van der Waals surface area (Å²) in [5.41, 5.74) is 2.31. The van der Waals surface area contributed by atoms with Gasteiger partial charge in [0.15, 0.2) is 0 Å². The predicted molar refractivity (Wildman–Crippen MR) is 151 cm³/mol. The molecule has 1 saturated carbocycles. The Morgan fingerprint density at radius 3 is 2.51 bits per heavy atom. The number of ether oxygens (including phenoxy) is 1. The van der Waals surface area contributed by atoms with Gasteiger partial charge in [-0.15, -0.1) is 0 Å². The van der Waals surface area contributed by atoms with Gasteiger partial charge < -0.3 is 19.9 Å². The van der Waals surface area contributed by atoms with Crippen molar-refractivity contribution in [1.82, 2.24) is 20.3 Å². The molecular weight excluding hydrogens is 460 g/mol. The molecule has 5 rings (SSSR count). The van der Waals surface area contributed by atoms with E-state index in [2.05, 4.69) is 77.5 Å². The zero-order chi connectivity index (χ0) is 25.6. The fraction of sp³-hybridized carbons (Fsp3) is 0.567. The van der Waals surface area contributed by atoms with Gasteiger partial charge >= 0.3 is 0 Å². The van der Waals surface area contributed by atoms with Crippen LogP contribution in [0.15, 0.2) is 42.6 Å². The number of fused-ring (bicyclic) bond motifs is 1. The zero-order valence-corrected chi connectivity index (χ0v) is 22.7. The SMILES string of the molecule is CCC(c1nc(N(C)C)c2ccccc2n1)C1CCC(CNCc2ccc(N3CCOCC3)nc2)CC1. The van der Waals surface area contributed by atoms with Gasteiger partial charge in [-0.25, -0.2) is 15.0 Å². The number of para-hydroxylation sites is 1. The van der Waals surface area contributed by atoms with Crippen molar-refractivity contribution in [1.29, 1.82) is 0 Å². The lowest BCUT2D eigenvalue weighted by Crippen LogP contribution is -2.36. The molecule has 0 spiro atoms. The van der Waals surface area contributed by atoms with Crippen LogP contribution in [-0.2, 0) is 11.3 Å². The molecule has 7 heteroatoms. The predicted octanol–water partition coefficient (Wildman–Crippen LogP) is 5.02. The number of aromatic nitrogens is 3. The molecule has 198 valence electrons. The van der Waals surface area contributed by atoms with Crippen molar-refractivity contribution in [2.75, 3.05) is 56.7 Å². The summed E-state index contributed by atoms with van der Waals surface area (Å²) in [5.74, 6) is 4.94. The number of hydrogen-bond acceptors (Lipinski definition) is 7. The van der Waals surface area contributed by atoms with Crippen molar-refractivity contribution >= 4 is 22.5 Å². The molecule has 3 heterocycles. The van der Waals surface area contributed by atoms with Crippen LogP contribution < -0.4 is 15.1 Å². The van der Waals surface area contributed by atoms with Crippen molar-refractivity contribution in [3.8, 4) is 0 Å². The summed E-state index contributed by atoms with van der Waals surface area (Å²) >= 11 is 0. The number of anilines is 2. The van der Waals surface area contributed by atoms with Gasteiger partial charge in [-0.05, 0) is 74.2 Å². The third-order valence-electron chi connectivity index (χ3n) is 8.16. The third-order valence-corrected chi connectivity index (χ3v) is 8.16. The van der Waals surface area contributed by atoms with Gasteiger partial charge in [0, 0.05) is 51.2 Å².